The van der Waals surface area contributed by atoms with E-state index in [0.717, 1.165) is 22.0 Å². The number of hydrogen-bond donors (Lipinski definition) is 1. The van der Waals surface area contributed by atoms with Crippen molar-refractivity contribution >= 4 is 21.6 Å². The molecule has 0 saturated heterocycles. The van der Waals surface area contributed by atoms with Crippen molar-refractivity contribution in [2.75, 3.05) is 18.9 Å². The first kappa shape index (κ1) is 18.0. The van der Waals surface area contributed by atoms with E-state index >= 15 is 0 Å². The molecule has 2 aromatic carbocycles. The van der Waals surface area contributed by atoms with E-state index in [1.54, 1.807) is 12.1 Å². The molecular weight excluding hydrogens is 338 g/mol. The summed E-state index contributed by atoms with van der Waals surface area (Å²) < 4.78 is 51.6. The van der Waals surface area contributed by atoms with E-state index in [-0.39, 0.29) is 10.6 Å². The van der Waals surface area contributed by atoms with Gasteiger partial charge < -0.3 is 5.32 Å². The highest BCUT2D eigenvalue weighted by Gasteiger charge is 2.22. The summed E-state index contributed by atoms with van der Waals surface area (Å²) in [5.41, 5.74) is 0.952. The number of rotatable bonds is 5. The molecule has 1 amide bonds. The zero-order valence-corrected chi connectivity index (χ0v) is 13.9. The van der Waals surface area contributed by atoms with Gasteiger partial charge in [-0.25, -0.2) is 17.2 Å². The molecule has 1 N–H and O–H groups in total. The van der Waals surface area contributed by atoms with Crippen LogP contribution in [-0.2, 0) is 14.8 Å². The standard InChI is InChI=1S/C16H16F2N2O3S/c1-11-3-6-13(7-4-11)24(22,23)20(2)10-16(21)19-12-5-8-14(17)15(18)9-12/h3-9H,10H2,1-2H3,(H,19,21). The molecule has 8 heteroatoms. The fraction of sp³-hybridized carbons (Fsp3) is 0.188. The van der Waals surface area contributed by atoms with Crippen molar-refractivity contribution in [2.24, 2.45) is 0 Å². The van der Waals surface area contributed by atoms with E-state index in [2.05, 4.69) is 5.32 Å². The van der Waals surface area contributed by atoms with Crippen LogP contribution in [-0.4, -0.2) is 32.2 Å². The van der Waals surface area contributed by atoms with Gasteiger partial charge in [-0.2, -0.15) is 4.31 Å². The molecule has 0 saturated carbocycles. The minimum Gasteiger partial charge on any atom is -0.325 e. The smallest absolute Gasteiger partial charge is 0.243 e. The molecule has 2 aromatic rings. The minimum absolute atomic E-state index is 0.0417. The fourth-order valence-electron chi connectivity index (χ4n) is 1.95. The number of anilines is 1. The van der Waals surface area contributed by atoms with Crippen LogP contribution in [0, 0.1) is 18.6 Å². The van der Waals surface area contributed by atoms with Crippen LogP contribution in [0.25, 0.3) is 0 Å². The first-order valence-corrected chi connectivity index (χ1v) is 8.42. The van der Waals surface area contributed by atoms with E-state index in [1.165, 1.54) is 25.2 Å². The molecule has 0 bridgehead atoms. The van der Waals surface area contributed by atoms with Gasteiger partial charge in [0.2, 0.25) is 15.9 Å². The van der Waals surface area contributed by atoms with Gasteiger partial charge in [-0.15, -0.1) is 0 Å². The number of halogens is 2. The Bertz CT molecular complexity index is 852. The largest absolute Gasteiger partial charge is 0.325 e. The topological polar surface area (TPSA) is 66.5 Å². The molecule has 0 radical (unpaired) electrons. The zero-order chi connectivity index (χ0) is 17.9. The number of carbonyl (C=O) groups is 1. The average Bonchev–Trinajstić information content (AvgIpc) is 2.51. The van der Waals surface area contributed by atoms with Crippen LogP contribution in [0.3, 0.4) is 0 Å². The first-order chi connectivity index (χ1) is 11.2. The predicted octanol–water partition coefficient (Wildman–Crippen LogP) is 2.53. The Morgan fingerprint density at radius 1 is 1.08 bits per heavy atom. The van der Waals surface area contributed by atoms with Crippen LogP contribution in [0.15, 0.2) is 47.4 Å². The van der Waals surface area contributed by atoms with Gasteiger partial charge in [-0.1, -0.05) is 17.7 Å². The Kier molecular flexibility index (Phi) is 5.30. The van der Waals surface area contributed by atoms with E-state index in [9.17, 15) is 22.0 Å². The molecule has 0 unspecified atom stereocenters. The number of nitrogens with zero attached hydrogens (tertiary/aromatic N) is 1. The second kappa shape index (κ2) is 7.06. The fourth-order valence-corrected chi connectivity index (χ4v) is 3.08. The lowest BCUT2D eigenvalue weighted by molar-refractivity contribution is -0.116. The van der Waals surface area contributed by atoms with E-state index < -0.39 is 34.1 Å². The molecule has 0 heterocycles. The second-order valence-electron chi connectivity index (χ2n) is 5.25. The van der Waals surface area contributed by atoms with Gasteiger partial charge in [-0.05, 0) is 31.2 Å². The van der Waals surface area contributed by atoms with Crippen molar-refractivity contribution in [3.63, 3.8) is 0 Å². The second-order valence-corrected chi connectivity index (χ2v) is 7.30. The summed E-state index contributed by atoms with van der Waals surface area (Å²) in [6.07, 6.45) is 0. The molecule has 0 aliphatic carbocycles. The van der Waals surface area contributed by atoms with Crippen molar-refractivity contribution < 1.29 is 22.0 Å². The Hall–Kier alpha value is -2.32. The van der Waals surface area contributed by atoms with Crippen molar-refractivity contribution in [1.82, 2.24) is 4.31 Å². The SMILES string of the molecule is Cc1ccc(S(=O)(=O)N(C)CC(=O)Nc2ccc(F)c(F)c2)cc1. The molecule has 0 atom stereocenters. The molecule has 0 fully saturated rings. The van der Waals surface area contributed by atoms with Crippen molar-refractivity contribution in [1.29, 1.82) is 0 Å². The summed E-state index contributed by atoms with van der Waals surface area (Å²) in [4.78, 5) is 12.0. The lowest BCUT2D eigenvalue weighted by Gasteiger charge is -2.17. The van der Waals surface area contributed by atoms with E-state index in [4.69, 9.17) is 0 Å². The molecule has 0 aliphatic rings. The third-order valence-corrected chi connectivity index (χ3v) is 5.12. The number of sulfonamides is 1. The number of likely N-dealkylation sites (N-methyl/N-ethyl adjacent to an activating group) is 1. The molecule has 0 spiro atoms. The summed E-state index contributed by atoms with van der Waals surface area (Å²) in [5.74, 6) is -2.81. The normalized spacial score (nSPS) is 11.5. The number of carbonyl (C=O) groups excluding carboxylic acids is 1. The van der Waals surface area contributed by atoms with Crippen LogP contribution in [0.1, 0.15) is 5.56 Å². The van der Waals surface area contributed by atoms with Crippen LogP contribution < -0.4 is 5.32 Å². The third kappa shape index (κ3) is 4.15. The Labute approximate surface area is 139 Å². The van der Waals surface area contributed by atoms with Gasteiger partial charge in [0.25, 0.3) is 0 Å². The molecule has 5 nitrogen and oxygen atoms in total. The van der Waals surface area contributed by atoms with E-state index in [0.29, 0.717) is 0 Å². The number of nitrogens with one attached hydrogen (secondary N) is 1. The van der Waals surface area contributed by atoms with E-state index in [1.807, 2.05) is 6.92 Å². The zero-order valence-electron chi connectivity index (χ0n) is 13.1. The van der Waals surface area contributed by atoms with Crippen LogP contribution >= 0.6 is 0 Å². The summed E-state index contributed by atoms with van der Waals surface area (Å²) in [6, 6.07) is 9.09. The van der Waals surface area contributed by atoms with Gasteiger partial charge in [0.05, 0.1) is 11.4 Å². The number of hydrogen-bond acceptors (Lipinski definition) is 3. The minimum atomic E-state index is -3.82. The lowest BCUT2D eigenvalue weighted by Crippen LogP contribution is -2.35. The van der Waals surface area contributed by atoms with Crippen molar-refractivity contribution in [3.8, 4) is 0 Å². The van der Waals surface area contributed by atoms with Gasteiger partial charge in [0.15, 0.2) is 11.6 Å². The van der Waals surface area contributed by atoms with Crippen molar-refractivity contribution in [3.05, 3.63) is 59.7 Å². The van der Waals surface area contributed by atoms with Crippen LogP contribution in [0.5, 0.6) is 0 Å². The van der Waals surface area contributed by atoms with Crippen LogP contribution in [0.2, 0.25) is 0 Å². The summed E-state index contributed by atoms with van der Waals surface area (Å²) >= 11 is 0. The van der Waals surface area contributed by atoms with Crippen molar-refractivity contribution in [2.45, 2.75) is 11.8 Å². The Morgan fingerprint density at radius 2 is 1.71 bits per heavy atom. The molecule has 0 aromatic heterocycles. The average molecular weight is 354 g/mol. The van der Waals surface area contributed by atoms with Gasteiger partial charge in [-0.3, -0.25) is 4.79 Å². The number of aryl methyl sites for hydroxylation is 1. The number of benzene rings is 2. The molecule has 2 rings (SSSR count). The molecule has 24 heavy (non-hydrogen) atoms. The Morgan fingerprint density at radius 3 is 2.29 bits per heavy atom. The Balaban J connectivity index is 2.07. The molecule has 0 aliphatic heterocycles. The predicted molar refractivity (Wildman–Crippen MR) is 86.0 cm³/mol. The molecular formula is C16H16F2N2O3S. The summed E-state index contributed by atoms with van der Waals surface area (Å²) in [5, 5.41) is 2.32. The monoisotopic (exact) mass is 354 g/mol. The number of amides is 1. The molecule has 128 valence electrons. The summed E-state index contributed by atoms with van der Waals surface area (Å²) in [7, 11) is -2.56. The highest BCUT2D eigenvalue weighted by atomic mass is 32.2. The lowest BCUT2D eigenvalue weighted by atomic mass is 10.2. The maximum absolute atomic E-state index is 13.1. The third-order valence-electron chi connectivity index (χ3n) is 3.30. The van der Waals surface area contributed by atoms with Gasteiger partial charge in [0.1, 0.15) is 0 Å². The maximum Gasteiger partial charge on any atom is 0.243 e. The maximum atomic E-state index is 13.1. The summed E-state index contributed by atoms with van der Waals surface area (Å²) in [6.45, 7) is 1.37. The highest BCUT2D eigenvalue weighted by Crippen LogP contribution is 2.16. The van der Waals surface area contributed by atoms with Gasteiger partial charge >= 0.3 is 0 Å². The van der Waals surface area contributed by atoms with Crippen LogP contribution in [0.4, 0.5) is 14.5 Å². The highest BCUT2D eigenvalue weighted by molar-refractivity contribution is 7.89. The van der Waals surface area contributed by atoms with Gasteiger partial charge in [0, 0.05) is 18.8 Å². The first-order valence-electron chi connectivity index (χ1n) is 6.98. The quantitative estimate of drug-likeness (QED) is 0.897.